The Bertz CT molecular complexity index is 564. The molecule has 0 saturated heterocycles. The van der Waals surface area contributed by atoms with Crippen LogP contribution >= 0.6 is 0 Å². The van der Waals surface area contributed by atoms with Crippen LogP contribution in [0.2, 0.25) is 0 Å². The second-order valence-electron chi connectivity index (χ2n) is 5.81. The van der Waals surface area contributed by atoms with Crippen molar-refractivity contribution in [3.05, 3.63) is 30.6 Å². The van der Waals surface area contributed by atoms with Gasteiger partial charge >= 0.3 is 0 Å². The SMILES string of the molecule is CN(C(=O)C(N)C(C)(C)C)c1cn2ccccc2n1. The zero-order chi connectivity index (χ0) is 14.2. The first-order chi connectivity index (χ1) is 8.80. The molecule has 0 aliphatic heterocycles. The molecule has 0 spiro atoms. The summed E-state index contributed by atoms with van der Waals surface area (Å²) < 4.78 is 1.88. The third-order valence-corrected chi connectivity index (χ3v) is 3.22. The van der Waals surface area contributed by atoms with Crippen LogP contribution in [-0.2, 0) is 4.79 Å². The number of nitrogens with zero attached hydrogens (tertiary/aromatic N) is 3. The van der Waals surface area contributed by atoms with E-state index >= 15 is 0 Å². The molecule has 19 heavy (non-hydrogen) atoms. The fourth-order valence-electron chi connectivity index (χ4n) is 1.77. The van der Waals surface area contributed by atoms with Gasteiger partial charge in [0.15, 0.2) is 5.82 Å². The summed E-state index contributed by atoms with van der Waals surface area (Å²) in [5, 5.41) is 0. The molecule has 1 atom stereocenters. The maximum absolute atomic E-state index is 12.3. The van der Waals surface area contributed by atoms with Crippen molar-refractivity contribution in [1.29, 1.82) is 0 Å². The largest absolute Gasteiger partial charge is 0.319 e. The van der Waals surface area contributed by atoms with Crippen molar-refractivity contribution >= 4 is 17.4 Å². The normalized spacial score (nSPS) is 13.5. The molecule has 102 valence electrons. The number of pyridine rings is 1. The number of aromatic nitrogens is 2. The highest BCUT2D eigenvalue weighted by Gasteiger charge is 2.30. The molecular formula is C14H20N4O. The Balaban J connectivity index is 2.28. The fourth-order valence-corrected chi connectivity index (χ4v) is 1.77. The number of imidazole rings is 1. The van der Waals surface area contributed by atoms with E-state index in [0.717, 1.165) is 5.65 Å². The van der Waals surface area contributed by atoms with Crippen molar-refractivity contribution in [2.24, 2.45) is 11.1 Å². The highest BCUT2D eigenvalue weighted by molar-refractivity contribution is 5.96. The fraction of sp³-hybridized carbons (Fsp3) is 0.429. The molecule has 1 unspecified atom stereocenters. The molecule has 2 rings (SSSR count). The van der Waals surface area contributed by atoms with Crippen LogP contribution in [0.15, 0.2) is 30.6 Å². The first-order valence-electron chi connectivity index (χ1n) is 6.27. The topological polar surface area (TPSA) is 63.6 Å². The van der Waals surface area contributed by atoms with Crippen molar-refractivity contribution in [1.82, 2.24) is 9.38 Å². The first-order valence-corrected chi connectivity index (χ1v) is 6.27. The van der Waals surface area contributed by atoms with Crippen molar-refractivity contribution in [3.63, 3.8) is 0 Å². The van der Waals surface area contributed by atoms with E-state index in [9.17, 15) is 4.79 Å². The second-order valence-corrected chi connectivity index (χ2v) is 5.81. The molecule has 0 radical (unpaired) electrons. The van der Waals surface area contributed by atoms with Crippen LogP contribution in [-0.4, -0.2) is 28.4 Å². The van der Waals surface area contributed by atoms with Crippen LogP contribution in [0.4, 0.5) is 5.82 Å². The van der Waals surface area contributed by atoms with Crippen LogP contribution in [0.25, 0.3) is 5.65 Å². The summed E-state index contributed by atoms with van der Waals surface area (Å²) in [6.07, 6.45) is 3.72. The van der Waals surface area contributed by atoms with E-state index in [1.54, 1.807) is 7.05 Å². The van der Waals surface area contributed by atoms with Crippen molar-refractivity contribution in [2.75, 3.05) is 11.9 Å². The summed E-state index contributed by atoms with van der Waals surface area (Å²) in [5.41, 5.74) is 6.53. The van der Waals surface area contributed by atoms with Gasteiger partial charge in [0.1, 0.15) is 5.65 Å². The van der Waals surface area contributed by atoms with Crippen molar-refractivity contribution < 1.29 is 4.79 Å². The van der Waals surface area contributed by atoms with Gasteiger partial charge in [0.25, 0.3) is 0 Å². The third kappa shape index (κ3) is 2.61. The minimum absolute atomic E-state index is 0.129. The molecule has 2 aromatic rings. The van der Waals surface area contributed by atoms with Gasteiger partial charge in [-0.1, -0.05) is 26.8 Å². The van der Waals surface area contributed by atoms with E-state index in [-0.39, 0.29) is 11.3 Å². The third-order valence-electron chi connectivity index (χ3n) is 3.22. The number of carbonyl (C=O) groups is 1. The number of hydrogen-bond acceptors (Lipinski definition) is 3. The number of fused-ring (bicyclic) bond motifs is 1. The molecule has 0 aromatic carbocycles. The van der Waals surface area contributed by atoms with E-state index in [2.05, 4.69) is 4.98 Å². The van der Waals surface area contributed by atoms with E-state index < -0.39 is 6.04 Å². The molecule has 2 aromatic heterocycles. The predicted molar refractivity (Wildman–Crippen MR) is 76.0 cm³/mol. The van der Waals surface area contributed by atoms with Gasteiger partial charge in [-0.2, -0.15) is 0 Å². The summed E-state index contributed by atoms with van der Waals surface area (Å²) in [4.78, 5) is 18.2. The summed E-state index contributed by atoms with van der Waals surface area (Å²) in [6.45, 7) is 5.85. The number of anilines is 1. The minimum atomic E-state index is -0.553. The average molecular weight is 260 g/mol. The molecule has 2 heterocycles. The van der Waals surface area contributed by atoms with Crippen LogP contribution in [0.1, 0.15) is 20.8 Å². The Morgan fingerprint density at radius 2 is 2.11 bits per heavy atom. The number of likely N-dealkylation sites (N-methyl/N-ethyl adjacent to an activating group) is 1. The zero-order valence-electron chi connectivity index (χ0n) is 11.8. The Labute approximate surface area is 113 Å². The van der Waals surface area contributed by atoms with Crippen molar-refractivity contribution in [2.45, 2.75) is 26.8 Å². The quantitative estimate of drug-likeness (QED) is 0.893. The average Bonchev–Trinajstić information content (AvgIpc) is 2.78. The van der Waals surface area contributed by atoms with E-state index in [0.29, 0.717) is 5.82 Å². The molecule has 0 bridgehead atoms. The lowest BCUT2D eigenvalue weighted by atomic mass is 9.86. The van der Waals surface area contributed by atoms with Crippen LogP contribution in [0, 0.1) is 5.41 Å². The summed E-state index contributed by atoms with van der Waals surface area (Å²) >= 11 is 0. The highest BCUT2D eigenvalue weighted by Crippen LogP contribution is 2.21. The molecule has 0 fully saturated rings. The van der Waals surface area contributed by atoms with E-state index in [1.807, 2.05) is 55.8 Å². The van der Waals surface area contributed by atoms with Crippen molar-refractivity contribution in [3.8, 4) is 0 Å². The Hall–Kier alpha value is -1.88. The lowest BCUT2D eigenvalue weighted by Gasteiger charge is -2.29. The van der Waals surface area contributed by atoms with E-state index in [4.69, 9.17) is 5.73 Å². The van der Waals surface area contributed by atoms with Crippen LogP contribution < -0.4 is 10.6 Å². The van der Waals surface area contributed by atoms with Gasteiger partial charge < -0.3 is 10.1 Å². The second kappa shape index (κ2) is 4.66. The molecule has 1 amide bonds. The minimum Gasteiger partial charge on any atom is -0.319 e. The monoisotopic (exact) mass is 260 g/mol. The van der Waals surface area contributed by atoms with Gasteiger partial charge in [-0.25, -0.2) is 4.98 Å². The number of hydrogen-bond donors (Lipinski definition) is 1. The standard InChI is InChI=1S/C14H20N4O/c1-14(2,3)12(15)13(19)17(4)11-9-18-8-6-5-7-10(18)16-11/h5-9,12H,15H2,1-4H3. The lowest BCUT2D eigenvalue weighted by Crippen LogP contribution is -2.49. The van der Waals surface area contributed by atoms with Gasteiger partial charge in [-0.15, -0.1) is 0 Å². The Kier molecular flexibility index (Phi) is 3.32. The van der Waals surface area contributed by atoms with Gasteiger partial charge in [-0.3, -0.25) is 9.69 Å². The smallest absolute Gasteiger partial charge is 0.245 e. The number of carbonyl (C=O) groups excluding carboxylic acids is 1. The summed E-state index contributed by atoms with van der Waals surface area (Å²) in [7, 11) is 1.70. The Morgan fingerprint density at radius 3 is 2.68 bits per heavy atom. The van der Waals surface area contributed by atoms with Gasteiger partial charge in [0.2, 0.25) is 5.91 Å². The number of amides is 1. The summed E-state index contributed by atoms with van der Waals surface area (Å²) in [6, 6.07) is 5.17. The zero-order valence-corrected chi connectivity index (χ0v) is 11.8. The summed E-state index contributed by atoms with van der Waals surface area (Å²) in [5.74, 6) is 0.479. The van der Waals surface area contributed by atoms with E-state index in [1.165, 1.54) is 4.90 Å². The van der Waals surface area contributed by atoms with Gasteiger partial charge in [-0.05, 0) is 17.5 Å². The molecule has 0 aliphatic carbocycles. The Morgan fingerprint density at radius 1 is 1.42 bits per heavy atom. The maximum atomic E-state index is 12.3. The molecule has 5 nitrogen and oxygen atoms in total. The predicted octanol–water partition coefficient (Wildman–Crippen LogP) is 1.67. The molecule has 2 N–H and O–H groups in total. The molecule has 0 aliphatic rings. The van der Waals surface area contributed by atoms with Gasteiger partial charge in [0, 0.05) is 13.2 Å². The lowest BCUT2D eigenvalue weighted by molar-refractivity contribution is -0.121. The van der Waals surface area contributed by atoms with Crippen LogP contribution in [0.3, 0.4) is 0 Å². The van der Waals surface area contributed by atoms with Crippen LogP contribution in [0.5, 0.6) is 0 Å². The molecular weight excluding hydrogens is 240 g/mol. The molecule has 0 saturated carbocycles. The molecule has 5 heteroatoms. The number of rotatable bonds is 2. The highest BCUT2D eigenvalue weighted by atomic mass is 16.2. The maximum Gasteiger partial charge on any atom is 0.245 e. The first kappa shape index (κ1) is 13.5. The number of nitrogens with two attached hydrogens (primary N) is 1. The van der Waals surface area contributed by atoms with Gasteiger partial charge in [0.05, 0.1) is 12.2 Å².